The van der Waals surface area contributed by atoms with E-state index in [4.69, 9.17) is 9.47 Å². The first-order chi connectivity index (χ1) is 11.3. The van der Waals surface area contributed by atoms with Crippen molar-refractivity contribution >= 4 is 15.9 Å². The van der Waals surface area contributed by atoms with Gasteiger partial charge in [0.2, 0.25) is 10.0 Å². The Morgan fingerprint density at radius 3 is 2.50 bits per heavy atom. The van der Waals surface area contributed by atoms with Crippen molar-refractivity contribution in [2.45, 2.75) is 37.9 Å². The fourth-order valence-corrected chi connectivity index (χ4v) is 4.37. The third-order valence-corrected chi connectivity index (χ3v) is 5.60. The second-order valence-electron chi connectivity index (χ2n) is 5.80. The Morgan fingerprint density at radius 1 is 1.33 bits per heavy atom. The number of carbonyl (C=O) groups excluding carboxylic acids is 1. The summed E-state index contributed by atoms with van der Waals surface area (Å²) in [5.74, 6) is -0.0290. The van der Waals surface area contributed by atoms with Gasteiger partial charge in [0.15, 0.2) is 0 Å². The molecule has 24 heavy (non-hydrogen) atoms. The number of hydrogen-bond acceptors (Lipinski definition) is 5. The van der Waals surface area contributed by atoms with Crippen molar-refractivity contribution in [3.05, 3.63) is 23.8 Å². The molecule has 134 valence electrons. The van der Waals surface area contributed by atoms with Gasteiger partial charge in [0, 0.05) is 19.6 Å². The fourth-order valence-electron chi connectivity index (χ4n) is 2.76. The quantitative estimate of drug-likeness (QED) is 0.858. The molecule has 1 heterocycles. The number of rotatable bonds is 5. The third-order valence-electron chi connectivity index (χ3n) is 3.78. The minimum absolute atomic E-state index is 0.0749. The number of hydrogen-bond donors (Lipinski definition) is 1. The van der Waals surface area contributed by atoms with Gasteiger partial charge in [0.25, 0.3) is 5.91 Å². The molecule has 1 saturated heterocycles. The summed E-state index contributed by atoms with van der Waals surface area (Å²) in [4.78, 5) is 12.2. The molecule has 0 spiro atoms. The number of sulfonamides is 1. The highest BCUT2D eigenvalue weighted by Gasteiger charge is 2.33. The van der Waals surface area contributed by atoms with E-state index in [1.54, 1.807) is 6.92 Å². The molecule has 0 bridgehead atoms. The van der Waals surface area contributed by atoms with Crippen molar-refractivity contribution in [2.75, 3.05) is 26.7 Å². The number of nitrogens with zero attached hydrogens (tertiary/aromatic N) is 1. The first kappa shape index (κ1) is 18.7. The fraction of sp³-hybridized carbons (Fsp3) is 0.562. The largest absolute Gasteiger partial charge is 0.496 e. The van der Waals surface area contributed by atoms with E-state index in [1.807, 2.05) is 13.8 Å². The first-order valence-electron chi connectivity index (χ1n) is 7.91. The zero-order valence-corrected chi connectivity index (χ0v) is 15.2. The number of benzene rings is 1. The number of nitrogens with one attached hydrogen (secondary N) is 1. The minimum Gasteiger partial charge on any atom is -0.496 e. The molecule has 0 saturated carbocycles. The van der Waals surface area contributed by atoms with Crippen LogP contribution in [0.2, 0.25) is 0 Å². The molecular formula is C16H24N2O5S. The molecule has 2 atom stereocenters. The van der Waals surface area contributed by atoms with Crippen LogP contribution >= 0.6 is 0 Å². The second kappa shape index (κ2) is 7.50. The SMILES string of the molecule is CCNC(=O)c1cc(S(=O)(=O)N2C[C@H](C)O[C@@H](C)C2)ccc1OC. The standard InChI is InChI=1S/C16H24N2O5S/c1-5-17-16(19)14-8-13(6-7-15(14)22-4)24(20,21)18-9-11(2)23-12(3)10-18/h6-8,11-12H,5,9-10H2,1-4H3,(H,17,19)/t11-,12-/m0/s1. The van der Waals surface area contributed by atoms with E-state index >= 15 is 0 Å². The summed E-state index contributed by atoms with van der Waals surface area (Å²) < 4.78 is 38.0. The normalized spacial score (nSPS) is 22.2. The highest BCUT2D eigenvalue weighted by molar-refractivity contribution is 7.89. The molecule has 7 nitrogen and oxygen atoms in total. The van der Waals surface area contributed by atoms with Crippen LogP contribution in [0.3, 0.4) is 0 Å². The number of morpholine rings is 1. The molecule has 1 amide bonds. The summed E-state index contributed by atoms with van der Waals surface area (Å²) in [6.45, 7) is 6.49. The summed E-state index contributed by atoms with van der Waals surface area (Å²) in [5.41, 5.74) is 0.204. The van der Waals surface area contributed by atoms with E-state index in [1.165, 1.54) is 29.6 Å². The van der Waals surface area contributed by atoms with Crippen LogP contribution in [-0.2, 0) is 14.8 Å². The van der Waals surface area contributed by atoms with Gasteiger partial charge in [-0.3, -0.25) is 4.79 Å². The molecule has 1 aromatic carbocycles. The molecule has 1 fully saturated rings. The summed E-state index contributed by atoms with van der Waals surface area (Å²) in [6.07, 6.45) is -0.353. The highest BCUT2D eigenvalue weighted by Crippen LogP contribution is 2.26. The van der Waals surface area contributed by atoms with Gasteiger partial charge >= 0.3 is 0 Å². The van der Waals surface area contributed by atoms with Gasteiger partial charge in [0.05, 0.1) is 29.8 Å². The molecule has 0 unspecified atom stereocenters. The third kappa shape index (κ3) is 3.88. The van der Waals surface area contributed by atoms with Crippen molar-refractivity contribution in [2.24, 2.45) is 0 Å². The van der Waals surface area contributed by atoms with Crippen LogP contribution in [0.4, 0.5) is 0 Å². The van der Waals surface area contributed by atoms with Gasteiger partial charge < -0.3 is 14.8 Å². The molecule has 0 aliphatic carbocycles. The smallest absolute Gasteiger partial charge is 0.255 e. The minimum atomic E-state index is -3.71. The Balaban J connectivity index is 2.40. The number of carbonyl (C=O) groups is 1. The molecule has 0 aromatic heterocycles. The average molecular weight is 356 g/mol. The molecule has 1 aromatic rings. The molecule has 1 N–H and O–H groups in total. The Kier molecular flexibility index (Phi) is 5.84. The lowest BCUT2D eigenvalue weighted by Gasteiger charge is -2.34. The summed E-state index contributed by atoms with van der Waals surface area (Å²) >= 11 is 0. The first-order valence-corrected chi connectivity index (χ1v) is 9.35. The molecule has 1 aliphatic rings. The zero-order chi connectivity index (χ0) is 17.9. The lowest BCUT2D eigenvalue weighted by atomic mass is 10.2. The highest BCUT2D eigenvalue weighted by atomic mass is 32.2. The van der Waals surface area contributed by atoms with E-state index < -0.39 is 10.0 Å². The monoisotopic (exact) mass is 356 g/mol. The topological polar surface area (TPSA) is 84.9 Å². The van der Waals surface area contributed by atoms with Crippen LogP contribution in [-0.4, -0.2) is 57.6 Å². The van der Waals surface area contributed by atoms with Crippen molar-refractivity contribution in [1.29, 1.82) is 0 Å². The summed E-state index contributed by atoms with van der Waals surface area (Å²) in [7, 11) is -2.26. The summed E-state index contributed by atoms with van der Waals surface area (Å²) in [5, 5.41) is 2.66. The Hall–Kier alpha value is -1.64. The van der Waals surface area contributed by atoms with Crippen LogP contribution in [0.15, 0.2) is 23.1 Å². The van der Waals surface area contributed by atoms with Crippen molar-refractivity contribution in [1.82, 2.24) is 9.62 Å². The lowest BCUT2D eigenvalue weighted by molar-refractivity contribution is -0.0440. The number of ether oxygens (including phenoxy) is 2. The van der Waals surface area contributed by atoms with Gasteiger partial charge in [-0.25, -0.2) is 8.42 Å². The molecule has 1 aliphatic heterocycles. The number of amides is 1. The van der Waals surface area contributed by atoms with Gasteiger partial charge in [-0.2, -0.15) is 4.31 Å². The van der Waals surface area contributed by atoms with Gasteiger partial charge in [0.1, 0.15) is 5.75 Å². The van der Waals surface area contributed by atoms with Crippen molar-refractivity contribution in [3.8, 4) is 5.75 Å². The Labute approximate surface area is 143 Å². The van der Waals surface area contributed by atoms with Gasteiger partial charge in [-0.1, -0.05) is 0 Å². The predicted octanol–water partition coefficient (Wildman–Crippen LogP) is 1.24. The molecular weight excluding hydrogens is 332 g/mol. The number of methoxy groups -OCH3 is 1. The Morgan fingerprint density at radius 2 is 1.96 bits per heavy atom. The Bertz CT molecular complexity index is 694. The van der Waals surface area contributed by atoms with Crippen LogP contribution in [0.1, 0.15) is 31.1 Å². The van der Waals surface area contributed by atoms with Crippen LogP contribution in [0, 0.1) is 0 Å². The van der Waals surface area contributed by atoms with E-state index in [2.05, 4.69) is 5.32 Å². The average Bonchev–Trinajstić information content (AvgIpc) is 2.53. The summed E-state index contributed by atoms with van der Waals surface area (Å²) in [6, 6.07) is 4.33. The second-order valence-corrected chi connectivity index (χ2v) is 7.74. The maximum atomic E-state index is 12.9. The van der Waals surface area contributed by atoms with E-state index in [9.17, 15) is 13.2 Å². The van der Waals surface area contributed by atoms with Crippen molar-refractivity contribution < 1.29 is 22.7 Å². The van der Waals surface area contributed by atoms with Crippen molar-refractivity contribution in [3.63, 3.8) is 0 Å². The molecule has 2 rings (SSSR count). The van der Waals surface area contributed by atoms with E-state index in [0.29, 0.717) is 12.3 Å². The maximum absolute atomic E-state index is 12.9. The lowest BCUT2D eigenvalue weighted by Crippen LogP contribution is -2.48. The van der Waals surface area contributed by atoms with E-state index in [0.717, 1.165) is 0 Å². The van der Waals surface area contributed by atoms with Gasteiger partial charge in [-0.05, 0) is 39.0 Å². The molecule has 8 heteroatoms. The zero-order valence-electron chi connectivity index (χ0n) is 14.4. The van der Waals surface area contributed by atoms with E-state index in [-0.39, 0.29) is 41.7 Å². The predicted molar refractivity (Wildman–Crippen MR) is 89.8 cm³/mol. The van der Waals surface area contributed by atoms with Gasteiger partial charge in [-0.15, -0.1) is 0 Å². The maximum Gasteiger partial charge on any atom is 0.255 e. The molecule has 0 radical (unpaired) electrons. The van der Waals surface area contributed by atoms with Crippen LogP contribution in [0.5, 0.6) is 5.75 Å². The van der Waals surface area contributed by atoms with Crippen LogP contribution in [0.25, 0.3) is 0 Å². The van der Waals surface area contributed by atoms with Crippen LogP contribution < -0.4 is 10.1 Å².